The highest BCUT2D eigenvalue weighted by molar-refractivity contribution is 6.22. The fraction of sp³-hybridized carbons (Fsp3) is 0.409. The summed E-state index contributed by atoms with van der Waals surface area (Å²) in [4.78, 5) is 30.2. The summed E-state index contributed by atoms with van der Waals surface area (Å²) in [6, 6.07) is 7.10. The van der Waals surface area contributed by atoms with E-state index in [0.29, 0.717) is 22.4 Å². The summed E-state index contributed by atoms with van der Waals surface area (Å²) in [5.41, 5.74) is 2.64. The van der Waals surface area contributed by atoms with Crippen molar-refractivity contribution in [2.45, 2.75) is 48.5 Å². The molecule has 0 fully saturated rings. The minimum Gasteiger partial charge on any atom is -0.312 e. The largest absolute Gasteiger partial charge is 0.365 e. The standard InChI is InChI=1S/C22H27NO3/c1-14-8-10-15(11-9-14)20(25)26-23-16-12-17(21(2,3)4)19(24)18(13-16)22(5,6)7/h8-13H,1-7H3. The van der Waals surface area contributed by atoms with E-state index in [4.69, 9.17) is 4.84 Å². The first-order chi connectivity index (χ1) is 11.9. The average molecular weight is 353 g/mol. The summed E-state index contributed by atoms with van der Waals surface area (Å²) >= 11 is 0. The Morgan fingerprint density at radius 3 is 1.77 bits per heavy atom. The van der Waals surface area contributed by atoms with E-state index in [-0.39, 0.29) is 16.6 Å². The SMILES string of the molecule is Cc1ccc(C(=O)ON=C2C=C(C(C)(C)C)C(=O)C(C(C)(C)C)=C2)cc1. The lowest BCUT2D eigenvalue weighted by Gasteiger charge is -2.30. The number of hydrogen-bond donors (Lipinski definition) is 0. The lowest BCUT2D eigenvalue weighted by molar-refractivity contribution is -0.114. The maximum Gasteiger partial charge on any atom is 0.365 e. The molecule has 0 N–H and O–H groups in total. The number of benzene rings is 1. The molecule has 0 heterocycles. The van der Waals surface area contributed by atoms with Crippen LogP contribution in [0.5, 0.6) is 0 Å². The summed E-state index contributed by atoms with van der Waals surface area (Å²) in [6.07, 6.45) is 3.42. The normalized spacial score (nSPS) is 15.3. The maximum atomic E-state index is 12.9. The first-order valence-corrected chi connectivity index (χ1v) is 8.74. The lowest BCUT2D eigenvalue weighted by Crippen LogP contribution is -2.29. The van der Waals surface area contributed by atoms with Crippen molar-refractivity contribution < 1.29 is 14.4 Å². The second kappa shape index (κ2) is 7.02. The fourth-order valence-corrected chi connectivity index (χ4v) is 2.62. The molecular weight excluding hydrogens is 326 g/mol. The fourth-order valence-electron chi connectivity index (χ4n) is 2.62. The van der Waals surface area contributed by atoms with Gasteiger partial charge in [-0.25, -0.2) is 4.79 Å². The van der Waals surface area contributed by atoms with Crippen LogP contribution in [0.25, 0.3) is 0 Å². The number of oxime groups is 1. The van der Waals surface area contributed by atoms with Gasteiger partial charge in [0.25, 0.3) is 0 Å². The van der Waals surface area contributed by atoms with Crippen molar-refractivity contribution in [3.63, 3.8) is 0 Å². The summed E-state index contributed by atoms with van der Waals surface area (Å²) < 4.78 is 0. The van der Waals surface area contributed by atoms with Gasteiger partial charge in [-0.05, 0) is 42.0 Å². The smallest absolute Gasteiger partial charge is 0.312 e. The molecule has 26 heavy (non-hydrogen) atoms. The van der Waals surface area contributed by atoms with Crippen molar-refractivity contribution in [2.75, 3.05) is 0 Å². The summed E-state index contributed by atoms with van der Waals surface area (Å²) in [7, 11) is 0. The van der Waals surface area contributed by atoms with E-state index in [1.54, 1.807) is 24.3 Å². The van der Waals surface area contributed by atoms with Gasteiger partial charge in [0.2, 0.25) is 0 Å². The Kier molecular flexibility index (Phi) is 5.36. The topological polar surface area (TPSA) is 55.7 Å². The summed E-state index contributed by atoms with van der Waals surface area (Å²) in [5.74, 6) is -0.500. The van der Waals surface area contributed by atoms with Gasteiger partial charge in [-0.1, -0.05) is 64.4 Å². The molecule has 1 aliphatic rings. The zero-order valence-electron chi connectivity index (χ0n) is 16.6. The van der Waals surface area contributed by atoms with Crippen LogP contribution >= 0.6 is 0 Å². The molecule has 1 aliphatic carbocycles. The Balaban J connectivity index is 2.35. The van der Waals surface area contributed by atoms with Crippen molar-refractivity contribution >= 4 is 17.5 Å². The molecule has 0 amide bonds. The number of carbonyl (C=O) groups is 2. The number of rotatable bonds is 2. The molecule has 0 atom stereocenters. The van der Waals surface area contributed by atoms with Crippen molar-refractivity contribution in [1.82, 2.24) is 0 Å². The second-order valence-electron chi connectivity index (χ2n) is 8.71. The molecule has 0 spiro atoms. The third-order valence-electron chi connectivity index (χ3n) is 4.21. The summed E-state index contributed by atoms with van der Waals surface area (Å²) in [5, 5.41) is 4.01. The van der Waals surface area contributed by atoms with E-state index >= 15 is 0 Å². The van der Waals surface area contributed by atoms with E-state index < -0.39 is 5.97 Å². The van der Waals surface area contributed by atoms with Gasteiger partial charge in [-0.2, -0.15) is 0 Å². The van der Waals surface area contributed by atoms with Crippen LogP contribution in [0.4, 0.5) is 0 Å². The molecule has 0 aromatic heterocycles. The molecule has 1 aromatic rings. The van der Waals surface area contributed by atoms with Crippen molar-refractivity contribution in [1.29, 1.82) is 0 Å². The molecule has 0 unspecified atom stereocenters. The van der Waals surface area contributed by atoms with Gasteiger partial charge >= 0.3 is 5.97 Å². The first-order valence-electron chi connectivity index (χ1n) is 8.74. The maximum absolute atomic E-state index is 12.9. The molecule has 1 aromatic carbocycles. The Morgan fingerprint density at radius 1 is 0.885 bits per heavy atom. The number of aryl methyl sites for hydroxylation is 1. The molecule has 0 saturated heterocycles. The number of ketones is 1. The van der Waals surface area contributed by atoms with E-state index in [1.165, 1.54) is 0 Å². The lowest BCUT2D eigenvalue weighted by atomic mass is 9.72. The molecule has 4 nitrogen and oxygen atoms in total. The molecule has 0 bridgehead atoms. The minimum absolute atomic E-state index is 0.0220. The van der Waals surface area contributed by atoms with Gasteiger partial charge in [0.05, 0.1) is 5.56 Å². The number of nitrogens with zero attached hydrogens (tertiary/aromatic N) is 1. The van der Waals surface area contributed by atoms with Crippen LogP contribution in [-0.2, 0) is 9.63 Å². The number of carbonyl (C=O) groups excluding carboxylic acids is 2. The molecule has 2 rings (SSSR count). The van der Waals surface area contributed by atoms with Crippen LogP contribution in [0.3, 0.4) is 0 Å². The summed E-state index contributed by atoms with van der Waals surface area (Å²) in [6.45, 7) is 13.9. The van der Waals surface area contributed by atoms with Crippen LogP contribution in [0, 0.1) is 17.8 Å². The van der Waals surface area contributed by atoms with Gasteiger partial charge in [-0.3, -0.25) is 4.79 Å². The Labute approximate surface area is 155 Å². The molecule has 4 heteroatoms. The quantitative estimate of drug-likeness (QED) is 0.425. The van der Waals surface area contributed by atoms with Gasteiger partial charge in [0.1, 0.15) is 5.71 Å². The second-order valence-corrected chi connectivity index (χ2v) is 8.71. The number of Topliss-reactive ketones (excluding diaryl/α,β-unsaturated/α-hetero) is 1. The van der Waals surface area contributed by atoms with Gasteiger partial charge in [0, 0.05) is 11.1 Å². The third kappa shape index (κ3) is 4.57. The van der Waals surface area contributed by atoms with Crippen LogP contribution in [0.2, 0.25) is 0 Å². The Bertz CT molecular complexity index is 774. The van der Waals surface area contributed by atoms with E-state index in [1.807, 2.05) is 60.6 Å². The Morgan fingerprint density at radius 2 is 1.35 bits per heavy atom. The van der Waals surface area contributed by atoms with E-state index in [9.17, 15) is 9.59 Å². The van der Waals surface area contributed by atoms with E-state index in [2.05, 4.69) is 5.16 Å². The van der Waals surface area contributed by atoms with Crippen molar-refractivity contribution in [3.05, 3.63) is 58.7 Å². The molecule has 0 aliphatic heterocycles. The van der Waals surface area contributed by atoms with Gasteiger partial charge in [-0.15, -0.1) is 0 Å². The molecule has 0 radical (unpaired) electrons. The van der Waals surface area contributed by atoms with Crippen molar-refractivity contribution in [3.8, 4) is 0 Å². The van der Waals surface area contributed by atoms with Crippen LogP contribution in [0.15, 0.2) is 52.7 Å². The minimum atomic E-state index is -0.522. The van der Waals surface area contributed by atoms with Crippen LogP contribution in [0.1, 0.15) is 57.5 Å². The highest BCUT2D eigenvalue weighted by Crippen LogP contribution is 2.37. The predicted octanol–water partition coefficient (Wildman–Crippen LogP) is 5.04. The molecular formula is C22H27NO3. The van der Waals surface area contributed by atoms with Crippen molar-refractivity contribution in [2.24, 2.45) is 16.0 Å². The average Bonchev–Trinajstić information content (AvgIpc) is 2.52. The van der Waals surface area contributed by atoms with Gasteiger partial charge < -0.3 is 4.84 Å². The zero-order chi connectivity index (χ0) is 19.7. The Hall–Kier alpha value is -2.49. The molecule has 138 valence electrons. The third-order valence-corrected chi connectivity index (χ3v) is 4.21. The number of allylic oxidation sites excluding steroid dienone is 4. The number of hydrogen-bond acceptors (Lipinski definition) is 4. The highest BCUT2D eigenvalue weighted by atomic mass is 16.7. The van der Waals surface area contributed by atoms with Gasteiger partial charge in [0.15, 0.2) is 5.78 Å². The monoisotopic (exact) mass is 353 g/mol. The van der Waals surface area contributed by atoms with Crippen LogP contribution in [-0.4, -0.2) is 17.5 Å². The van der Waals surface area contributed by atoms with Crippen LogP contribution < -0.4 is 0 Å². The van der Waals surface area contributed by atoms with E-state index in [0.717, 1.165) is 5.56 Å². The first kappa shape index (κ1) is 19.8. The molecule has 0 saturated carbocycles. The highest BCUT2D eigenvalue weighted by Gasteiger charge is 2.34. The predicted molar refractivity (Wildman–Crippen MR) is 104 cm³/mol. The zero-order valence-corrected chi connectivity index (χ0v) is 16.6.